The fourth-order valence-corrected chi connectivity index (χ4v) is 5.18. The molecule has 0 aliphatic carbocycles. The zero-order chi connectivity index (χ0) is 17.8. The largest absolute Gasteiger partial charge is 0.322 e. The lowest BCUT2D eigenvalue weighted by Crippen LogP contribution is -2.52. The van der Waals surface area contributed by atoms with Crippen molar-refractivity contribution >= 4 is 17.7 Å². The van der Waals surface area contributed by atoms with Crippen molar-refractivity contribution in [1.82, 2.24) is 15.5 Å². The maximum atomic E-state index is 12.8. The van der Waals surface area contributed by atoms with Gasteiger partial charge < -0.3 is 10.2 Å². The number of piperidine rings is 2. The van der Waals surface area contributed by atoms with Crippen LogP contribution in [0.25, 0.3) is 0 Å². The molecule has 1 aromatic rings. The quantitative estimate of drug-likeness (QED) is 0.789. The first kappa shape index (κ1) is 16.0. The summed E-state index contributed by atoms with van der Waals surface area (Å²) in [6, 6.07) is 6.94. The number of nitrogens with one attached hydrogen (secondary N) is 2. The van der Waals surface area contributed by atoms with Crippen molar-refractivity contribution < 1.29 is 14.4 Å². The van der Waals surface area contributed by atoms with Gasteiger partial charge in [-0.2, -0.15) is 0 Å². The van der Waals surface area contributed by atoms with Crippen molar-refractivity contribution in [3.8, 4) is 0 Å². The molecular weight excluding hydrogens is 330 g/mol. The lowest BCUT2D eigenvalue weighted by molar-refractivity contribution is -0.136. The Kier molecular flexibility index (Phi) is 3.64. The molecule has 0 radical (unpaired) electrons. The Hall–Kier alpha value is -2.21. The number of hydrogen-bond donors (Lipinski definition) is 2. The van der Waals surface area contributed by atoms with Crippen LogP contribution in [0.2, 0.25) is 0 Å². The van der Waals surface area contributed by atoms with Gasteiger partial charge in [-0.1, -0.05) is 12.1 Å². The Balaban J connectivity index is 1.37. The zero-order valence-electron chi connectivity index (χ0n) is 14.7. The molecular formula is C20H23N3O3. The Morgan fingerprint density at radius 2 is 1.77 bits per heavy atom. The van der Waals surface area contributed by atoms with Gasteiger partial charge in [-0.3, -0.25) is 19.7 Å². The molecule has 4 heterocycles. The number of amides is 3. The summed E-state index contributed by atoms with van der Waals surface area (Å²) in [6.07, 6.45) is 5.58. The SMILES string of the molecule is O=C1CCC(N2Cc3cc(C4CC5CCC(C4)N5)ccc3C2=O)C(=O)N1. The third-order valence-corrected chi connectivity index (χ3v) is 6.49. The summed E-state index contributed by atoms with van der Waals surface area (Å²) in [5, 5.41) is 6.03. The van der Waals surface area contributed by atoms with E-state index in [0.717, 1.165) is 5.56 Å². The summed E-state index contributed by atoms with van der Waals surface area (Å²) in [4.78, 5) is 37.9. The molecule has 6 heteroatoms. The molecule has 0 aromatic heterocycles. The minimum Gasteiger partial charge on any atom is -0.322 e. The second-order valence-electron chi connectivity index (χ2n) is 8.12. The van der Waals surface area contributed by atoms with Gasteiger partial charge >= 0.3 is 0 Å². The van der Waals surface area contributed by atoms with Gasteiger partial charge in [-0.25, -0.2) is 0 Å². The monoisotopic (exact) mass is 353 g/mol. The van der Waals surface area contributed by atoms with E-state index < -0.39 is 6.04 Å². The van der Waals surface area contributed by atoms with Crippen LogP contribution in [0.3, 0.4) is 0 Å². The molecule has 1 aromatic carbocycles. The van der Waals surface area contributed by atoms with Gasteiger partial charge in [-0.15, -0.1) is 0 Å². The summed E-state index contributed by atoms with van der Waals surface area (Å²) in [5.41, 5.74) is 3.04. The van der Waals surface area contributed by atoms with Crippen LogP contribution in [0.4, 0.5) is 0 Å². The van der Waals surface area contributed by atoms with Crippen molar-refractivity contribution in [2.75, 3.05) is 0 Å². The molecule has 6 nitrogen and oxygen atoms in total. The number of rotatable bonds is 2. The number of benzene rings is 1. The molecule has 3 unspecified atom stereocenters. The van der Waals surface area contributed by atoms with E-state index in [4.69, 9.17) is 0 Å². The van der Waals surface area contributed by atoms with Crippen molar-refractivity contribution in [3.05, 3.63) is 34.9 Å². The van der Waals surface area contributed by atoms with Crippen molar-refractivity contribution in [2.24, 2.45) is 0 Å². The lowest BCUT2D eigenvalue weighted by atomic mass is 9.85. The first-order chi connectivity index (χ1) is 12.6. The normalized spacial score (nSPS) is 33.4. The summed E-state index contributed by atoms with van der Waals surface area (Å²) in [6.45, 7) is 0.464. The second-order valence-corrected chi connectivity index (χ2v) is 8.12. The average Bonchev–Trinajstić information content (AvgIpc) is 3.13. The van der Waals surface area contributed by atoms with Gasteiger partial charge in [0.1, 0.15) is 6.04 Å². The van der Waals surface area contributed by atoms with Gasteiger partial charge in [0.25, 0.3) is 5.91 Å². The van der Waals surface area contributed by atoms with Gasteiger partial charge in [0.15, 0.2) is 0 Å². The van der Waals surface area contributed by atoms with Gasteiger partial charge in [0, 0.05) is 30.6 Å². The van der Waals surface area contributed by atoms with Crippen molar-refractivity contribution in [2.45, 2.75) is 69.1 Å². The summed E-state index contributed by atoms with van der Waals surface area (Å²) in [5.74, 6) is -0.138. The van der Waals surface area contributed by atoms with Crippen LogP contribution in [0.5, 0.6) is 0 Å². The summed E-state index contributed by atoms with van der Waals surface area (Å²) < 4.78 is 0. The standard InChI is InChI=1S/C20H23N3O3/c24-18-6-5-17(19(25)22-18)23-10-13-7-11(1-4-16(13)20(23)26)12-8-14-2-3-15(9-12)21-14/h1,4,7,12,14-15,17,21H,2-3,5-6,8-10H2,(H,22,24,25). The molecule has 5 rings (SSSR count). The highest BCUT2D eigenvalue weighted by Crippen LogP contribution is 2.39. The highest BCUT2D eigenvalue weighted by Gasteiger charge is 2.40. The summed E-state index contributed by atoms with van der Waals surface area (Å²) >= 11 is 0. The average molecular weight is 353 g/mol. The van der Waals surface area contributed by atoms with Gasteiger partial charge in [0.05, 0.1) is 0 Å². The highest BCUT2D eigenvalue weighted by molar-refractivity contribution is 6.05. The molecule has 0 saturated carbocycles. The third kappa shape index (κ3) is 2.55. The zero-order valence-corrected chi connectivity index (χ0v) is 14.7. The smallest absolute Gasteiger partial charge is 0.255 e. The minimum absolute atomic E-state index is 0.0913. The number of imide groups is 1. The van der Waals surface area contributed by atoms with Crippen LogP contribution in [0, 0.1) is 0 Å². The maximum Gasteiger partial charge on any atom is 0.255 e. The Bertz CT molecular complexity index is 793. The predicted molar refractivity (Wildman–Crippen MR) is 94.4 cm³/mol. The number of nitrogens with zero attached hydrogens (tertiary/aromatic N) is 1. The third-order valence-electron chi connectivity index (χ3n) is 6.49. The first-order valence-electron chi connectivity index (χ1n) is 9.62. The van der Waals surface area contributed by atoms with E-state index in [1.807, 2.05) is 6.07 Å². The Morgan fingerprint density at radius 1 is 1.00 bits per heavy atom. The number of carbonyl (C=O) groups is 3. The molecule has 4 aliphatic rings. The fourth-order valence-electron chi connectivity index (χ4n) is 5.18. The molecule has 26 heavy (non-hydrogen) atoms. The van der Waals surface area contributed by atoms with Crippen molar-refractivity contribution in [1.29, 1.82) is 0 Å². The second kappa shape index (κ2) is 5.91. The minimum atomic E-state index is -0.536. The van der Waals surface area contributed by atoms with Crippen LogP contribution in [0.1, 0.15) is 65.9 Å². The molecule has 4 aliphatic heterocycles. The molecule has 0 spiro atoms. The van der Waals surface area contributed by atoms with Gasteiger partial charge in [-0.05, 0) is 55.2 Å². The van der Waals surface area contributed by atoms with Crippen LogP contribution in [0.15, 0.2) is 18.2 Å². The van der Waals surface area contributed by atoms with Crippen LogP contribution >= 0.6 is 0 Å². The number of fused-ring (bicyclic) bond motifs is 3. The fraction of sp³-hybridized carbons (Fsp3) is 0.550. The van der Waals surface area contributed by atoms with E-state index in [9.17, 15) is 14.4 Å². The van der Waals surface area contributed by atoms with Crippen LogP contribution in [-0.2, 0) is 16.1 Å². The highest BCUT2D eigenvalue weighted by atomic mass is 16.2. The molecule has 3 saturated heterocycles. The molecule has 136 valence electrons. The molecule has 3 amide bonds. The van der Waals surface area contributed by atoms with E-state index in [-0.39, 0.29) is 17.7 Å². The maximum absolute atomic E-state index is 12.8. The van der Waals surface area contributed by atoms with E-state index in [0.29, 0.717) is 43.0 Å². The lowest BCUT2D eigenvalue weighted by Gasteiger charge is -2.29. The van der Waals surface area contributed by atoms with Crippen LogP contribution < -0.4 is 10.6 Å². The van der Waals surface area contributed by atoms with Gasteiger partial charge in [0.2, 0.25) is 11.8 Å². The molecule has 3 fully saturated rings. The number of carbonyl (C=O) groups excluding carboxylic acids is 3. The van der Waals surface area contributed by atoms with E-state index in [1.165, 1.54) is 31.2 Å². The molecule has 2 N–H and O–H groups in total. The Labute approximate surface area is 152 Å². The molecule has 3 atom stereocenters. The number of hydrogen-bond acceptors (Lipinski definition) is 4. The van der Waals surface area contributed by atoms with E-state index in [1.54, 1.807) is 4.90 Å². The molecule has 2 bridgehead atoms. The van der Waals surface area contributed by atoms with E-state index in [2.05, 4.69) is 22.8 Å². The Morgan fingerprint density at radius 3 is 2.50 bits per heavy atom. The van der Waals surface area contributed by atoms with E-state index >= 15 is 0 Å². The topological polar surface area (TPSA) is 78.5 Å². The summed E-state index contributed by atoms with van der Waals surface area (Å²) in [7, 11) is 0. The van der Waals surface area contributed by atoms with Crippen molar-refractivity contribution in [3.63, 3.8) is 0 Å². The van der Waals surface area contributed by atoms with Crippen LogP contribution in [-0.4, -0.2) is 40.7 Å². The predicted octanol–water partition coefficient (Wildman–Crippen LogP) is 1.45. The first-order valence-corrected chi connectivity index (χ1v) is 9.62.